The molecule has 180 valence electrons. The fourth-order valence-corrected chi connectivity index (χ4v) is 4.37. The van der Waals surface area contributed by atoms with Crippen LogP contribution in [0.15, 0.2) is 73.1 Å². The molecule has 4 rings (SSSR count). The lowest BCUT2D eigenvalue weighted by Gasteiger charge is -2.29. The molecule has 2 heterocycles. The second-order valence-corrected chi connectivity index (χ2v) is 8.70. The van der Waals surface area contributed by atoms with Crippen LogP contribution in [0.5, 0.6) is 0 Å². The van der Waals surface area contributed by atoms with E-state index in [1.807, 2.05) is 63.4 Å². The third-order valence-electron chi connectivity index (χ3n) is 6.28. The Bertz CT molecular complexity index is 1310. The van der Waals surface area contributed by atoms with Gasteiger partial charge in [-0.05, 0) is 43.7 Å². The summed E-state index contributed by atoms with van der Waals surface area (Å²) in [5.74, 6) is -0.237. The van der Waals surface area contributed by atoms with E-state index in [0.29, 0.717) is 37.2 Å². The van der Waals surface area contributed by atoms with Gasteiger partial charge in [-0.3, -0.25) is 19.3 Å². The summed E-state index contributed by atoms with van der Waals surface area (Å²) in [4.78, 5) is 32.4. The lowest BCUT2D eigenvalue weighted by Crippen LogP contribution is -2.41. The molecule has 0 bridgehead atoms. The third-order valence-corrected chi connectivity index (χ3v) is 6.28. The zero-order valence-electron chi connectivity index (χ0n) is 20.4. The quantitative estimate of drug-likeness (QED) is 0.397. The highest BCUT2D eigenvalue weighted by atomic mass is 16.2. The summed E-state index contributed by atoms with van der Waals surface area (Å²) in [5, 5.41) is 9.19. The molecule has 1 unspecified atom stereocenters. The maximum Gasteiger partial charge on any atom is 0.269 e. The van der Waals surface area contributed by atoms with Gasteiger partial charge in [0.25, 0.3) is 11.8 Å². The molecule has 0 fully saturated rings. The summed E-state index contributed by atoms with van der Waals surface area (Å²) < 4.78 is 1.70. The molecule has 4 aromatic rings. The maximum atomic E-state index is 13.6. The number of nitrogens with zero attached hydrogens (tertiary/aromatic N) is 4. The number of aromatic nitrogens is 3. The van der Waals surface area contributed by atoms with Gasteiger partial charge in [-0.25, -0.2) is 0 Å². The van der Waals surface area contributed by atoms with Crippen molar-refractivity contribution in [3.63, 3.8) is 0 Å². The molecule has 0 spiro atoms. The molecular formula is C28H31N5O2. The van der Waals surface area contributed by atoms with E-state index < -0.39 is 0 Å². The van der Waals surface area contributed by atoms with Gasteiger partial charge < -0.3 is 10.2 Å². The average molecular weight is 470 g/mol. The Labute approximate surface area is 205 Å². The lowest BCUT2D eigenvalue weighted by molar-refractivity contribution is 0.0724. The monoisotopic (exact) mass is 469 g/mol. The number of fused-ring (bicyclic) bond motifs is 1. The van der Waals surface area contributed by atoms with E-state index in [-0.39, 0.29) is 17.9 Å². The van der Waals surface area contributed by atoms with Crippen LogP contribution in [-0.2, 0) is 13.0 Å². The van der Waals surface area contributed by atoms with Crippen LogP contribution < -0.4 is 5.32 Å². The van der Waals surface area contributed by atoms with Gasteiger partial charge in [0.2, 0.25) is 0 Å². The number of carbonyl (C=O) groups excluding carboxylic acids is 2. The summed E-state index contributed by atoms with van der Waals surface area (Å²) in [5.41, 5.74) is 3.08. The van der Waals surface area contributed by atoms with E-state index in [1.165, 1.54) is 0 Å². The van der Waals surface area contributed by atoms with Crippen molar-refractivity contribution < 1.29 is 9.59 Å². The predicted molar refractivity (Wildman–Crippen MR) is 137 cm³/mol. The van der Waals surface area contributed by atoms with Crippen LogP contribution in [-0.4, -0.2) is 51.1 Å². The Morgan fingerprint density at radius 3 is 2.57 bits per heavy atom. The molecule has 0 aliphatic heterocycles. The lowest BCUT2D eigenvalue weighted by atomic mass is 10.0. The van der Waals surface area contributed by atoms with Crippen molar-refractivity contribution in [3.05, 3.63) is 95.6 Å². The normalized spacial score (nSPS) is 11.9. The first kappa shape index (κ1) is 24.1. The van der Waals surface area contributed by atoms with E-state index in [2.05, 4.69) is 27.5 Å². The summed E-state index contributed by atoms with van der Waals surface area (Å²) in [6, 6.07) is 19.6. The molecule has 7 heteroatoms. The molecule has 1 N–H and O–H groups in total. The van der Waals surface area contributed by atoms with Crippen molar-refractivity contribution in [3.8, 4) is 0 Å². The number of pyridine rings is 1. The standard InChI is InChI=1S/C28H31N5O2/c1-4-33-26(16-20(2)31-33)27(34)30-15-14-23(17-21-10-6-5-7-11-21)32(3)28(35)25-19-29-18-22-12-8-9-13-24(22)25/h5-13,16,18-19,23H,4,14-15,17H2,1-3H3,(H,30,34). The maximum absolute atomic E-state index is 13.6. The van der Waals surface area contributed by atoms with Crippen molar-refractivity contribution in [2.45, 2.75) is 39.3 Å². The van der Waals surface area contributed by atoms with Gasteiger partial charge in [0.05, 0.1) is 11.3 Å². The third kappa shape index (κ3) is 5.57. The number of aryl methyl sites for hydroxylation is 2. The number of amides is 2. The predicted octanol–water partition coefficient (Wildman–Crippen LogP) is 4.26. The SMILES string of the molecule is CCn1nc(C)cc1C(=O)NCCC(Cc1ccccc1)N(C)C(=O)c1cncc2ccccc12. The molecular weight excluding hydrogens is 438 g/mol. The van der Waals surface area contributed by atoms with Crippen LogP contribution in [0.4, 0.5) is 0 Å². The first-order valence-electron chi connectivity index (χ1n) is 11.9. The van der Waals surface area contributed by atoms with Gasteiger partial charge in [-0.1, -0.05) is 54.6 Å². The van der Waals surface area contributed by atoms with Crippen LogP contribution in [0, 0.1) is 6.92 Å². The fraction of sp³-hybridized carbons (Fsp3) is 0.286. The number of likely N-dealkylation sites (N-methyl/N-ethyl adjacent to an activating group) is 1. The number of hydrogen-bond donors (Lipinski definition) is 1. The molecule has 0 aliphatic carbocycles. The minimum Gasteiger partial charge on any atom is -0.351 e. The van der Waals surface area contributed by atoms with Crippen molar-refractivity contribution in [1.29, 1.82) is 0 Å². The van der Waals surface area contributed by atoms with Gasteiger partial charge in [-0.15, -0.1) is 0 Å². The highest BCUT2D eigenvalue weighted by Crippen LogP contribution is 2.21. The molecule has 35 heavy (non-hydrogen) atoms. The van der Waals surface area contributed by atoms with Crippen LogP contribution in [0.2, 0.25) is 0 Å². The smallest absolute Gasteiger partial charge is 0.269 e. The van der Waals surface area contributed by atoms with Crippen molar-refractivity contribution >= 4 is 22.6 Å². The molecule has 0 aliphatic rings. The van der Waals surface area contributed by atoms with Crippen molar-refractivity contribution in [1.82, 2.24) is 25.0 Å². The first-order valence-corrected chi connectivity index (χ1v) is 11.9. The van der Waals surface area contributed by atoms with E-state index in [1.54, 1.807) is 28.0 Å². The van der Waals surface area contributed by atoms with Crippen molar-refractivity contribution in [2.75, 3.05) is 13.6 Å². The van der Waals surface area contributed by atoms with Crippen LogP contribution in [0.25, 0.3) is 10.8 Å². The van der Waals surface area contributed by atoms with Gasteiger partial charge in [0.1, 0.15) is 5.69 Å². The van der Waals surface area contributed by atoms with Gasteiger partial charge in [0, 0.05) is 44.0 Å². The average Bonchev–Trinajstić information content (AvgIpc) is 3.28. The Hall–Kier alpha value is -4.00. The van der Waals surface area contributed by atoms with E-state index in [4.69, 9.17) is 0 Å². The largest absolute Gasteiger partial charge is 0.351 e. The zero-order valence-corrected chi connectivity index (χ0v) is 20.4. The van der Waals surface area contributed by atoms with E-state index in [9.17, 15) is 9.59 Å². The molecule has 0 saturated carbocycles. The number of benzene rings is 2. The van der Waals surface area contributed by atoms with E-state index in [0.717, 1.165) is 22.0 Å². The number of rotatable bonds is 9. The topological polar surface area (TPSA) is 80.1 Å². The fourth-order valence-electron chi connectivity index (χ4n) is 4.37. The minimum absolute atomic E-state index is 0.0822. The highest BCUT2D eigenvalue weighted by molar-refractivity contribution is 6.06. The van der Waals surface area contributed by atoms with Gasteiger partial charge in [-0.2, -0.15) is 5.10 Å². The summed E-state index contributed by atoms with van der Waals surface area (Å²) in [6.45, 7) is 4.91. The van der Waals surface area contributed by atoms with Crippen LogP contribution >= 0.6 is 0 Å². The van der Waals surface area contributed by atoms with Crippen LogP contribution in [0.1, 0.15) is 45.4 Å². The summed E-state index contributed by atoms with van der Waals surface area (Å²) in [7, 11) is 1.83. The molecule has 0 saturated heterocycles. The Kier molecular flexibility index (Phi) is 7.55. The van der Waals surface area contributed by atoms with Gasteiger partial charge in [0.15, 0.2) is 0 Å². The molecule has 2 aromatic heterocycles. The van der Waals surface area contributed by atoms with Crippen molar-refractivity contribution in [2.24, 2.45) is 0 Å². The zero-order chi connectivity index (χ0) is 24.8. The number of hydrogen-bond acceptors (Lipinski definition) is 4. The first-order chi connectivity index (χ1) is 17.0. The second-order valence-electron chi connectivity index (χ2n) is 8.70. The number of carbonyl (C=O) groups is 2. The molecule has 2 amide bonds. The van der Waals surface area contributed by atoms with Gasteiger partial charge >= 0.3 is 0 Å². The van der Waals surface area contributed by atoms with Crippen LogP contribution in [0.3, 0.4) is 0 Å². The minimum atomic E-state index is -0.154. The molecule has 1 atom stereocenters. The number of nitrogens with one attached hydrogen (secondary N) is 1. The van der Waals surface area contributed by atoms with E-state index >= 15 is 0 Å². The Balaban J connectivity index is 1.52. The molecule has 7 nitrogen and oxygen atoms in total. The Morgan fingerprint density at radius 1 is 1.06 bits per heavy atom. The molecule has 2 aromatic carbocycles. The Morgan fingerprint density at radius 2 is 1.80 bits per heavy atom. The summed E-state index contributed by atoms with van der Waals surface area (Å²) in [6.07, 6.45) is 4.70. The summed E-state index contributed by atoms with van der Waals surface area (Å²) >= 11 is 0. The second kappa shape index (κ2) is 11.0. The molecule has 0 radical (unpaired) electrons. The highest BCUT2D eigenvalue weighted by Gasteiger charge is 2.24.